The van der Waals surface area contributed by atoms with Gasteiger partial charge in [0, 0.05) is 28.7 Å². The molecule has 0 saturated heterocycles. The van der Waals surface area contributed by atoms with Crippen molar-refractivity contribution < 1.29 is 4.74 Å². The highest BCUT2D eigenvalue weighted by Crippen LogP contribution is 2.42. The minimum atomic E-state index is 0.0221. The quantitative estimate of drug-likeness (QED) is 0.299. The van der Waals surface area contributed by atoms with Crippen LogP contribution >= 0.6 is 0 Å². The standard InChI is InChI=1S/C36H47NO/c1-8-35(6,9-2)31-18-15-29-25-28(13-14-30(29)26-31)27-16-19-32(20-17-27)37(36(7,10-3)11-4)33-21-23-34(24-22-33)38-12-5/h13-26,29-30H,8-12H2,1-7H3. The Morgan fingerprint density at radius 1 is 0.684 bits per heavy atom. The lowest BCUT2D eigenvalue weighted by Crippen LogP contribution is -2.42. The van der Waals surface area contributed by atoms with Crippen LogP contribution < -0.4 is 9.64 Å². The van der Waals surface area contributed by atoms with Crippen molar-refractivity contribution in [2.45, 2.75) is 79.7 Å². The van der Waals surface area contributed by atoms with Crippen LogP contribution in [0.2, 0.25) is 0 Å². The molecule has 38 heavy (non-hydrogen) atoms. The SMILES string of the molecule is CCOc1ccc(N(c2ccc(C3=CC4C=CC(C(C)(CC)CC)=CC4C=C3)cc2)C(C)(CC)CC)cc1. The first-order chi connectivity index (χ1) is 18.3. The van der Waals surface area contributed by atoms with Crippen molar-refractivity contribution >= 4 is 16.9 Å². The summed E-state index contributed by atoms with van der Waals surface area (Å²) >= 11 is 0. The number of fused-ring (bicyclic) bond motifs is 1. The van der Waals surface area contributed by atoms with Crippen LogP contribution in [0, 0.1) is 17.3 Å². The summed E-state index contributed by atoms with van der Waals surface area (Å²) in [7, 11) is 0. The van der Waals surface area contributed by atoms with Crippen molar-refractivity contribution in [2.24, 2.45) is 17.3 Å². The predicted molar refractivity (Wildman–Crippen MR) is 165 cm³/mol. The average molecular weight is 510 g/mol. The number of benzene rings is 2. The van der Waals surface area contributed by atoms with Crippen LogP contribution in [0.4, 0.5) is 11.4 Å². The van der Waals surface area contributed by atoms with Crippen LogP contribution in [0.1, 0.15) is 79.7 Å². The third-order valence-corrected chi connectivity index (χ3v) is 9.37. The molecule has 2 nitrogen and oxygen atoms in total. The van der Waals surface area contributed by atoms with Gasteiger partial charge in [-0.15, -0.1) is 0 Å². The number of anilines is 2. The zero-order valence-corrected chi connectivity index (χ0v) is 24.6. The van der Waals surface area contributed by atoms with E-state index in [-0.39, 0.29) is 11.0 Å². The molecule has 4 rings (SSSR count). The molecule has 0 spiro atoms. The van der Waals surface area contributed by atoms with Gasteiger partial charge in [-0.05, 0) is 98.1 Å². The fraction of sp³-hybridized carbons (Fsp3) is 0.444. The second-order valence-electron chi connectivity index (χ2n) is 11.4. The monoisotopic (exact) mass is 509 g/mol. The lowest BCUT2D eigenvalue weighted by atomic mass is 9.71. The molecule has 2 heteroatoms. The molecule has 2 aliphatic carbocycles. The number of ether oxygens (including phenoxy) is 1. The minimum Gasteiger partial charge on any atom is -0.494 e. The number of hydrogen-bond acceptors (Lipinski definition) is 2. The van der Waals surface area contributed by atoms with E-state index in [1.165, 1.54) is 40.9 Å². The fourth-order valence-electron chi connectivity index (χ4n) is 5.80. The lowest BCUT2D eigenvalue weighted by Gasteiger charge is -2.42. The molecule has 0 fully saturated rings. The molecule has 0 radical (unpaired) electrons. The van der Waals surface area contributed by atoms with E-state index in [0.717, 1.165) is 18.6 Å². The van der Waals surface area contributed by atoms with Crippen LogP contribution in [0.25, 0.3) is 5.57 Å². The molecule has 2 unspecified atom stereocenters. The van der Waals surface area contributed by atoms with Crippen molar-refractivity contribution in [3.05, 3.63) is 96.1 Å². The molecule has 2 atom stereocenters. The Morgan fingerprint density at radius 3 is 1.79 bits per heavy atom. The van der Waals surface area contributed by atoms with E-state index in [2.05, 4.69) is 131 Å². The zero-order chi connectivity index (χ0) is 27.3. The van der Waals surface area contributed by atoms with E-state index in [4.69, 9.17) is 4.74 Å². The smallest absolute Gasteiger partial charge is 0.119 e. The maximum atomic E-state index is 5.70. The fourth-order valence-corrected chi connectivity index (χ4v) is 5.80. The molecule has 0 amide bonds. The highest BCUT2D eigenvalue weighted by Gasteiger charge is 2.31. The third kappa shape index (κ3) is 5.55. The molecule has 2 aromatic rings. The Kier molecular flexibility index (Phi) is 8.71. The Bertz CT molecular complexity index is 1190. The Hall–Kier alpha value is -3.00. The molecule has 202 valence electrons. The first kappa shape index (κ1) is 28.0. The van der Waals surface area contributed by atoms with E-state index < -0.39 is 0 Å². The first-order valence-electron chi connectivity index (χ1n) is 14.7. The van der Waals surface area contributed by atoms with Crippen molar-refractivity contribution in [1.29, 1.82) is 0 Å². The van der Waals surface area contributed by atoms with Crippen molar-refractivity contribution in [2.75, 3.05) is 11.5 Å². The number of rotatable bonds is 11. The third-order valence-electron chi connectivity index (χ3n) is 9.37. The van der Waals surface area contributed by atoms with Crippen LogP contribution in [-0.4, -0.2) is 12.1 Å². The predicted octanol–water partition coefficient (Wildman–Crippen LogP) is 10.3. The summed E-state index contributed by atoms with van der Waals surface area (Å²) in [6.45, 7) is 16.7. The second kappa shape index (κ2) is 11.8. The van der Waals surface area contributed by atoms with Gasteiger partial charge < -0.3 is 9.64 Å². The molecule has 0 saturated carbocycles. The molecule has 2 aromatic carbocycles. The Morgan fingerprint density at radius 2 is 1.24 bits per heavy atom. The van der Waals surface area contributed by atoms with E-state index >= 15 is 0 Å². The summed E-state index contributed by atoms with van der Waals surface area (Å²) in [4.78, 5) is 2.50. The van der Waals surface area contributed by atoms with Crippen LogP contribution in [0.5, 0.6) is 5.75 Å². The van der Waals surface area contributed by atoms with Gasteiger partial charge in [0.15, 0.2) is 0 Å². The molecular formula is C36H47NO. The first-order valence-corrected chi connectivity index (χ1v) is 14.7. The minimum absolute atomic E-state index is 0.0221. The normalized spacial score (nSPS) is 19.0. The van der Waals surface area contributed by atoms with Gasteiger partial charge in [-0.25, -0.2) is 0 Å². The Labute approximate surface area is 231 Å². The molecule has 0 bridgehead atoms. The largest absolute Gasteiger partial charge is 0.494 e. The number of allylic oxidation sites excluding steroid dienone is 8. The summed E-state index contributed by atoms with van der Waals surface area (Å²) in [5.41, 5.74) is 6.82. The molecule has 0 aliphatic heterocycles. The summed E-state index contributed by atoms with van der Waals surface area (Å²) < 4.78 is 5.70. The molecule has 0 aromatic heterocycles. The summed E-state index contributed by atoms with van der Waals surface area (Å²) in [6.07, 6.45) is 19.0. The lowest BCUT2D eigenvalue weighted by molar-refractivity contribution is 0.340. The number of nitrogens with zero attached hydrogens (tertiary/aromatic N) is 1. The molecule has 0 heterocycles. The Balaban J connectivity index is 1.59. The van der Waals surface area contributed by atoms with Gasteiger partial charge in [0.25, 0.3) is 0 Å². The van der Waals surface area contributed by atoms with Crippen molar-refractivity contribution in [3.8, 4) is 5.75 Å². The van der Waals surface area contributed by atoms with Gasteiger partial charge >= 0.3 is 0 Å². The molecule has 2 aliphatic rings. The van der Waals surface area contributed by atoms with Gasteiger partial charge in [-0.1, -0.05) is 83.2 Å². The number of hydrogen-bond donors (Lipinski definition) is 0. The van der Waals surface area contributed by atoms with E-state index in [0.29, 0.717) is 18.4 Å². The van der Waals surface area contributed by atoms with Crippen molar-refractivity contribution in [1.82, 2.24) is 0 Å². The highest BCUT2D eigenvalue weighted by molar-refractivity contribution is 5.78. The van der Waals surface area contributed by atoms with Gasteiger partial charge in [-0.3, -0.25) is 0 Å². The van der Waals surface area contributed by atoms with Gasteiger partial charge in [0.05, 0.1) is 6.61 Å². The van der Waals surface area contributed by atoms with Gasteiger partial charge in [0.1, 0.15) is 5.75 Å². The van der Waals surface area contributed by atoms with Crippen LogP contribution in [0.15, 0.2) is 90.6 Å². The summed E-state index contributed by atoms with van der Waals surface area (Å²) in [5.74, 6) is 1.81. The van der Waals surface area contributed by atoms with Crippen LogP contribution in [-0.2, 0) is 0 Å². The van der Waals surface area contributed by atoms with Gasteiger partial charge in [0.2, 0.25) is 0 Å². The zero-order valence-electron chi connectivity index (χ0n) is 24.6. The van der Waals surface area contributed by atoms with E-state index in [1.54, 1.807) is 0 Å². The summed E-state index contributed by atoms with van der Waals surface area (Å²) in [5, 5.41) is 0. The summed E-state index contributed by atoms with van der Waals surface area (Å²) in [6, 6.07) is 17.7. The maximum absolute atomic E-state index is 5.70. The molecular weight excluding hydrogens is 462 g/mol. The highest BCUT2D eigenvalue weighted by atomic mass is 16.5. The maximum Gasteiger partial charge on any atom is 0.119 e. The van der Waals surface area contributed by atoms with Gasteiger partial charge in [-0.2, -0.15) is 0 Å². The average Bonchev–Trinajstić information content (AvgIpc) is 2.97. The molecule has 0 N–H and O–H groups in total. The second-order valence-corrected chi connectivity index (χ2v) is 11.4. The van der Waals surface area contributed by atoms with Crippen molar-refractivity contribution in [3.63, 3.8) is 0 Å². The topological polar surface area (TPSA) is 12.5 Å². The van der Waals surface area contributed by atoms with E-state index in [1.807, 2.05) is 6.92 Å². The van der Waals surface area contributed by atoms with E-state index in [9.17, 15) is 0 Å². The van der Waals surface area contributed by atoms with Crippen LogP contribution in [0.3, 0.4) is 0 Å².